The number of rotatable bonds is 4. The van der Waals surface area contributed by atoms with Gasteiger partial charge in [0.1, 0.15) is 5.00 Å². The summed E-state index contributed by atoms with van der Waals surface area (Å²) in [6, 6.07) is 13.3. The van der Waals surface area contributed by atoms with Gasteiger partial charge in [0.25, 0.3) is 11.8 Å². The molecule has 28 heavy (non-hydrogen) atoms. The van der Waals surface area contributed by atoms with Gasteiger partial charge < -0.3 is 0 Å². The van der Waals surface area contributed by atoms with E-state index >= 15 is 0 Å². The Bertz CT molecular complexity index is 1100. The summed E-state index contributed by atoms with van der Waals surface area (Å²) >= 11 is 10.6. The lowest BCUT2D eigenvalue weighted by atomic mass is 10.0. The standard InChI is InChI=1S/C21H13BrClNO3S/c1-11-16(10-22)17(18(25)12-6-8-13(23)9-7-12)21(28-11)24-19(26)14-4-2-3-5-15(14)20(24)27/h2-9H,10H2,1H3. The number of imide groups is 1. The Kier molecular flexibility index (Phi) is 4.95. The molecule has 3 aromatic rings. The molecule has 0 atom stereocenters. The molecule has 4 nitrogen and oxygen atoms in total. The second-order valence-electron chi connectivity index (χ2n) is 6.28. The number of carbonyl (C=O) groups excluding carboxylic acids is 3. The predicted octanol–water partition coefficient (Wildman–Crippen LogP) is 5.64. The highest BCUT2D eigenvalue weighted by molar-refractivity contribution is 9.08. The van der Waals surface area contributed by atoms with E-state index in [1.54, 1.807) is 48.5 Å². The van der Waals surface area contributed by atoms with Crippen LogP contribution >= 0.6 is 38.9 Å². The molecular formula is C21H13BrClNO3S. The van der Waals surface area contributed by atoms with Crippen molar-refractivity contribution in [3.63, 3.8) is 0 Å². The fourth-order valence-corrected chi connectivity index (χ4v) is 5.41. The average Bonchev–Trinajstić information content (AvgIpc) is 3.15. The number of amides is 2. The van der Waals surface area contributed by atoms with E-state index in [1.807, 2.05) is 6.92 Å². The Morgan fingerprint density at radius 2 is 1.61 bits per heavy atom. The molecule has 1 aliphatic heterocycles. The second-order valence-corrected chi connectivity index (χ2v) is 8.48. The van der Waals surface area contributed by atoms with Crippen molar-refractivity contribution in [3.8, 4) is 0 Å². The summed E-state index contributed by atoms with van der Waals surface area (Å²) in [6.45, 7) is 1.88. The van der Waals surface area contributed by atoms with Crippen LogP contribution in [0.2, 0.25) is 5.02 Å². The van der Waals surface area contributed by atoms with E-state index in [2.05, 4.69) is 15.9 Å². The van der Waals surface area contributed by atoms with Gasteiger partial charge in [-0.25, -0.2) is 4.90 Å². The van der Waals surface area contributed by atoms with Crippen molar-refractivity contribution in [2.45, 2.75) is 12.3 Å². The lowest BCUT2D eigenvalue weighted by Crippen LogP contribution is -2.30. The Hall–Kier alpha value is -2.28. The minimum atomic E-state index is -0.409. The van der Waals surface area contributed by atoms with Gasteiger partial charge in [0.15, 0.2) is 5.78 Å². The fourth-order valence-electron chi connectivity index (χ4n) is 3.23. The van der Waals surface area contributed by atoms with Crippen molar-refractivity contribution in [3.05, 3.63) is 86.2 Å². The summed E-state index contributed by atoms with van der Waals surface area (Å²) in [6.07, 6.45) is 0. The zero-order chi connectivity index (χ0) is 20.0. The SMILES string of the molecule is Cc1sc(N2C(=O)c3ccccc3C2=O)c(C(=O)c2ccc(Cl)cc2)c1CBr. The highest BCUT2D eigenvalue weighted by Crippen LogP contribution is 2.41. The van der Waals surface area contributed by atoms with E-state index in [1.165, 1.54) is 11.3 Å². The van der Waals surface area contributed by atoms with Crippen LogP contribution in [0.4, 0.5) is 5.00 Å². The molecule has 0 bridgehead atoms. The van der Waals surface area contributed by atoms with E-state index < -0.39 is 11.8 Å². The van der Waals surface area contributed by atoms with Gasteiger partial charge in [0.05, 0.1) is 16.7 Å². The van der Waals surface area contributed by atoms with Crippen LogP contribution in [0.25, 0.3) is 0 Å². The monoisotopic (exact) mass is 473 g/mol. The molecule has 0 aliphatic carbocycles. The van der Waals surface area contributed by atoms with Crippen LogP contribution in [-0.2, 0) is 5.33 Å². The summed E-state index contributed by atoms with van der Waals surface area (Å²) < 4.78 is 0. The molecule has 0 N–H and O–H groups in total. The van der Waals surface area contributed by atoms with E-state index in [0.29, 0.717) is 37.6 Å². The molecule has 0 unspecified atom stereocenters. The maximum atomic E-state index is 13.3. The summed E-state index contributed by atoms with van der Waals surface area (Å²) in [4.78, 5) is 41.2. The number of hydrogen-bond donors (Lipinski definition) is 0. The Morgan fingerprint density at radius 3 is 2.14 bits per heavy atom. The van der Waals surface area contributed by atoms with E-state index in [4.69, 9.17) is 11.6 Å². The van der Waals surface area contributed by atoms with Gasteiger partial charge in [-0.15, -0.1) is 11.3 Å². The van der Waals surface area contributed by atoms with Gasteiger partial charge in [-0.2, -0.15) is 0 Å². The summed E-state index contributed by atoms with van der Waals surface area (Å²) in [5.74, 6) is -1.07. The largest absolute Gasteiger partial charge is 0.288 e. The fraction of sp³-hybridized carbons (Fsp3) is 0.0952. The first-order valence-electron chi connectivity index (χ1n) is 8.40. The third-order valence-electron chi connectivity index (χ3n) is 4.65. The van der Waals surface area contributed by atoms with Crippen LogP contribution in [-0.4, -0.2) is 17.6 Å². The predicted molar refractivity (Wildman–Crippen MR) is 114 cm³/mol. The quantitative estimate of drug-likeness (QED) is 0.279. The van der Waals surface area contributed by atoms with Gasteiger partial charge in [-0.05, 0) is 48.9 Å². The maximum Gasteiger partial charge on any atom is 0.266 e. The summed E-state index contributed by atoms with van der Waals surface area (Å²) in [7, 11) is 0. The van der Waals surface area contributed by atoms with Crippen LogP contribution < -0.4 is 4.90 Å². The van der Waals surface area contributed by atoms with Crippen molar-refractivity contribution >= 4 is 61.5 Å². The molecule has 0 saturated heterocycles. The molecule has 140 valence electrons. The van der Waals surface area contributed by atoms with E-state index in [9.17, 15) is 14.4 Å². The molecule has 7 heteroatoms. The number of anilines is 1. The molecule has 2 heterocycles. The van der Waals surface area contributed by atoms with Crippen LogP contribution in [0.15, 0.2) is 48.5 Å². The topological polar surface area (TPSA) is 54.5 Å². The molecular weight excluding hydrogens is 462 g/mol. The van der Waals surface area contributed by atoms with E-state index in [0.717, 1.165) is 15.3 Å². The number of nitrogens with zero attached hydrogens (tertiary/aromatic N) is 1. The minimum absolute atomic E-state index is 0.248. The first kappa shape index (κ1) is 19.1. The number of hydrogen-bond acceptors (Lipinski definition) is 4. The molecule has 0 radical (unpaired) electrons. The molecule has 0 saturated carbocycles. The minimum Gasteiger partial charge on any atom is -0.288 e. The highest BCUT2D eigenvalue weighted by Gasteiger charge is 2.40. The number of alkyl halides is 1. The number of aryl methyl sites for hydroxylation is 1. The zero-order valence-electron chi connectivity index (χ0n) is 14.7. The van der Waals surface area contributed by atoms with E-state index in [-0.39, 0.29) is 5.78 Å². The van der Waals surface area contributed by atoms with Gasteiger partial charge >= 0.3 is 0 Å². The van der Waals surface area contributed by atoms with Crippen LogP contribution in [0.5, 0.6) is 0 Å². The summed E-state index contributed by atoms with van der Waals surface area (Å²) in [5, 5.41) is 1.32. The average molecular weight is 475 g/mol. The van der Waals surface area contributed by atoms with Gasteiger partial charge in [0, 0.05) is 20.8 Å². The molecule has 1 aromatic heterocycles. The normalized spacial score (nSPS) is 13.2. The van der Waals surface area contributed by atoms with Gasteiger partial charge in [-0.3, -0.25) is 14.4 Å². The lowest BCUT2D eigenvalue weighted by Gasteiger charge is -2.14. The number of thiophene rings is 1. The number of fused-ring (bicyclic) bond motifs is 1. The molecule has 1 aliphatic rings. The maximum absolute atomic E-state index is 13.3. The Morgan fingerprint density at radius 1 is 1.04 bits per heavy atom. The number of benzene rings is 2. The van der Waals surface area contributed by atoms with Crippen molar-refractivity contribution < 1.29 is 14.4 Å². The molecule has 0 fully saturated rings. The second kappa shape index (κ2) is 7.28. The lowest BCUT2D eigenvalue weighted by molar-refractivity contribution is 0.0927. The molecule has 2 aromatic carbocycles. The van der Waals surface area contributed by atoms with Crippen molar-refractivity contribution in [1.29, 1.82) is 0 Å². The molecule has 0 spiro atoms. The van der Waals surface area contributed by atoms with Crippen molar-refractivity contribution in [2.75, 3.05) is 4.90 Å². The summed E-state index contributed by atoms with van der Waals surface area (Å²) in [5.41, 5.74) is 2.29. The molecule has 4 rings (SSSR count). The number of ketones is 1. The van der Waals surface area contributed by atoms with Crippen molar-refractivity contribution in [1.82, 2.24) is 0 Å². The number of carbonyl (C=O) groups is 3. The highest BCUT2D eigenvalue weighted by atomic mass is 79.9. The van der Waals surface area contributed by atoms with Gasteiger partial charge in [-0.1, -0.05) is 39.7 Å². The first-order valence-corrected chi connectivity index (χ1v) is 10.7. The third kappa shape index (κ3) is 2.92. The molecule has 2 amide bonds. The van der Waals surface area contributed by atoms with Crippen LogP contribution in [0.3, 0.4) is 0 Å². The number of halogens is 2. The van der Waals surface area contributed by atoms with Crippen LogP contribution in [0, 0.1) is 6.92 Å². The Balaban J connectivity index is 1.88. The Labute approximate surface area is 178 Å². The van der Waals surface area contributed by atoms with Crippen molar-refractivity contribution in [2.24, 2.45) is 0 Å². The zero-order valence-corrected chi connectivity index (χ0v) is 17.8. The first-order chi connectivity index (χ1) is 13.4. The third-order valence-corrected chi connectivity index (χ3v) is 6.60. The smallest absolute Gasteiger partial charge is 0.266 e. The van der Waals surface area contributed by atoms with Crippen LogP contribution in [0.1, 0.15) is 47.1 Å². The van der Waals surface area contributed by atoms with Gasteiger partial charge in [0.2, 0.25) is 0 Å².